The largest absolute Gasteiger partial charge is 0.467 e. The van der Waals surface area contributed by atoms with Crippen LogP contribution >= 0.6 is 0 Å². The van der Waals surface area contributed by atoms with Gasteiger partial charge in [-0.05, 0) is 32.1 Å². The summed E-state index contributed by atoms with van der Waals surface area (Å²) >= 11 is 0. The topological polar surface area (TPSA) is 55.3 Å². The fourth-order valence-electron chi connectivity index (χ4n) is 2.95. The van der Waals surface area contributed by atoms with Gasteiger partial charge in [0.15, 0.2) is 0 Å². The predicted molar refractivity (Wildman–Crippen MR) is 77.8 cm³/mol. The summed E-state index contributed by atoms with van der Waals surface area (Å²) in [6.45, 7) is 5.94. The van der Waals surface area contributed by atoms with Gasteiger partial charge in [0.2, 0.25) is 0 Å². The molecule has 1 atom stereocenters. The zero-order valence-corrected chi connectivity index (χ0v) is 12.9. The molecule has 0 spiro atoms. The fraction of sp³-hybridized carbons (Fsp3) is 0.667. The Hall–Kier alpha value is -1.65. The van der Waals surface area contributed by atoms with Crippen LogP contribution in [-0.4, -0.2) is 36.1 Å². The highest BCUT2D eigenvalue weighted by molar-refractivity contribution is 5.80. The van der Waals surface area contributed by atoms with E-state index in [0.29, 0.717) is 0 Å². The summed E-state index contributed by atoms with van der Waals surface area (Å²) in [5, 5.41) is 0. The summed E-state index contributed by atoms with van der Waals surface area (Å²) < 4.78 is 4.94. The Morgan fingerprint density at radius 3 is 2.60 bits per heavy atom. The van der Waals surface area contributed by atoms with E-state index in [1.54, 1.807) is 0 Å². The van der Waals surface area contributed by atoms with Crippen LogP contribution < -0.4 is 4.90 Å². The predicted octanol–water partition coefficient (Wildman–Crippen LogP) is 1.91. The maximum absolute atomic E-state index is 12.0. The molecule has 1 heterocycles. The Morgan fingerprint density at radius 1 is 1.30 bits per heavy atom. The molecule has 5 nitrogen and oxygen atoms in total. The monoisotopic (exact) mass is 277 g/mol. The molecular formula is C15H23N3O2. The molecule has 1 aromatic rings. The Kier molecular flexibility index (Phi) is 4.26. The Bertz CT molecular complexity index is 514. The number of aryl methyl sites for hydroxylation is 2. The van der Waals surface area contributed by atoms with Gasteiger partial charge in [0.1, 0.15) is 17.7 Å². The molecule has 0 amide bonds. The number of aromatic nitrogens is 2. The molecule has 0 saturated carbocycles. The summed E-state index contributed by atoms with van der Waals surface area (Å²) in [6.07, 6.45) is 3.10. The minimum atomic E-state index is -0.320. The van der Waals surface area contributed by atoms with Crippen molar-refractivity contribution in [1.82, 2.24) is 9.97 Å². The molecule has 110 valence electrons. The van der Waals surface area contributed by atoms with Gasteiger partial charge in [0, 0.05) is 18.3 Å². The lowest BCUT2D eigenvalue weighted by Crippen LogP contribution is -2.44. The van der Waals surface area contributed by atoms with E-state index in [1.165, 1.54) is 12.7 Å². The standard InChI is InChI=1S/C15H23N3O2/c1-9(2)13(15(19)20-5)18(4)14-11-7-6-8-12(11)16-10(3)17-14/h9,13H,6-8H2,1-5H3. The van der Waals surface area contributed by atoms with E-state index in [1.807, 2.05) is 32.7 Å². The second-order valence-electron chi connectivity index (χ2n) is 5.70. The maximum Gasteiger partial charge on any atom is 0.328 e. The quantitative estimate of drug-likeness (QED) is 0.787. The van der Waals surface area contributed by atoms with Gasteiger partial charge in [0.25, 0.3) is 0 Å². The number of carbonyl (C=O) groups excluding carboxylic acids is 1. The van der Waals surface area contributed by atoms with Crippen LogP contribution in [0.3, 0.4) is 0 Å². The number of anilines is 1. The number of nitrogens with zero attached hydrogens (tertiary/aromatic N) is 3. The molecule has 1 aromatic heterocycles. The smallest absolute Gasteiger partial charge is 0.328 e. The number of likely N-dealkylation sites (N-methyl/N-ethyl adjacent to an activating group) is 1. The molecule has 20 heavy (non-hydrogen) atoms. The molecule has 0 fully saturated rings. The van der Waals surface area contributed by atoms with Crippen LogP contribution in [0.25, 0.3) is 0 Å². The van der Waals surface area contributed by atoms with Crippen LogP contribution in [0, 0.1) is 12.8 Å². The second kappa shape index (κ2) is 5.77. The third-order valence-electron chi connectivity index (χ3n) is 3.85. The van der Waals surface area contributed by atoms with Crippen molar-refractivity contribution in [1.29, 1.82) is 0 Å². The average molecular weight is 277 g/mol. The van der Waals surface area contributed by atoms with Crippen LogP contribution in [0.5, 0.6) is 0 Å². The van der Waals surface area contributed by atoms with E-state index >= 15 is 0 Å². The summed E-state index contributed by atoms with van der Waals surface area (Å²) in [6, 6.07) is -0.320. The zero-order valence-electron chi connectivity index (χ0n) is 12.9. The average Bonchev–Trinajstić information content (AvgIpc) is 2.84. The second-order valence-corrected chi connectivity index (χ2v) is 5.70. The van der Waals surface area contributed by atoms with Crippen LogP contribution in [0.15, 0.2) is 0 Å². The molecular weight excluding hydrogens is 254 g/mol. The van der Waals surface area contributed by atoms with Crippen molar-refractivity contribution in [3.63, 3.8) is 0 Å². The number of fused-ring (bicyclic) bond motifs is 1. The van der Waals surface area contributed by atoms with Gasteiger partial charge < -0.3 is 9.64 Å². The number of hydrogen-bond acceptors (Lipinski definition) is 5. The number of carbonyl (C=O) groups is 1. The van der Waals surface area contributed by atoms with Gasteiger partial charge in [-0.2, -0.15) is 0 Å². The van der Waals surface area contributed by atoms with Crippen molar-refractivity contribution in [2.24, 2.45) is 5.92 Å². The van der Waals surface area contributed by atoms with Gasteiger partial charge in [-0.15, -0.1) is 0 Å². The zero-order chi connectivity index (χ0) is 14.9. The van der Waals surface area contributed by atoms with Crippen LogP contribution in [0.4, 0.5) is 5.82 Å². The van der Waals surface area contributed by atoms with Crippen molar-refractivity contribution in [3.05, 3.63) is 17.1 Å². The number of methoxy groups -OCH3 is 1. The Balaban J connectivity index is 2.42. The van der Waals surface area contributed by atoms with Gasteiger partial charge in [0.05, 0.1) is 7.11 Å². The van der Waals surface area contributed by atoms with Crippen molar-refractivity contribution >= 4 is 11.8 Å². The molecule has 0 aromatic carbocycles. The molecule has 0 radical (unpaired) electrons. The van der Waals surface area contributed by atoms with E-state index in [9.17, 15) is 4.79 Å². The minimum Gasteiger partial charge on any atom is -0.467 e. The third kappa shape index (κ3) is 2.62. The molecule has 5 heteroatoms. The molecule has 0 N–H and O–H groups in total. The first kappa shape index (κ1) is 14.8. The van der Waals surface area contributed by atoms with E-state index in [0.717, 1.165) is 36.6 Å². The van der Waals surface area contributed by atoms with Gasteiger partial charge in [-0.3, -0.25) is 0 Å². The first-order valence-electron chi connectivity index (χ1n) is 7.12. The van der Waals surface area contributed by atoms with Crippen LogP contribution in [0.1, 0.15) is 37.4 Å². The van der Waals surface area contributed by atoms with Gasteiger partial charge in [-0.1, -0.05) is 13.8 Å². The molecule has 0 saturated heterocycles. The molecule has 1 unspecified atom stereocenters. The number of hydrogen-bond donors (Lipinski definition) is 0. The van der Waals surface area contributed by atoms with Gasteiger partial charge in [-0.25, -0.2) is 14.8 Å². The SMILES string of the molecule is COC(=O)C(C(C)C)N(C)c1nc(C)nc2c1CCC2. The summed E-state index contributed by atoms with van der Waals surface area (Å²) in [4.78, 5) is 23.1. The normalized spacial score (nSPS) is 15.1. The minimum absolute atomic E-state index is 0.153. The van der Waals surface area contributed by atoms with Crippen molar-refractivity contribution in [3.8, 4) is 0 Å². The van der Waals surface area contributed by atoms with Gasteiger partial charge >= 0.3 is 5.97 Å². The van der Waals surface area contributed by atoms with Crippen molar-refractivity contribution in [2.75, 3.05) is 19.1 Å². The maximum atomic E-state index is 12.0. The van der Waals surface area contributed by atoms with E-state index < -0.39 is 0 Å². The van der Waals surface area contributed by atoms with E-state index in [4.69, 9.17) is 4.74 Å². The molecule has 0 aliphatic heterocycles. The molecule has 2 rings (SSSR count). The van der Waals surface area contributed by atoms with Crippen molar-refractivity contribution < 1.29 is 9.53 Å². The number of rotatable bonds is 4. The number of esters is 1. The van der Waals surface area contributed by atoms with Crippen molar-refractivity contribution in [2.45, 2.75) is 46.1 Å². The molecule has 0 bridgehead atoms. The summed E-state index contributed by atoms with van der Waals surface area (Å²) in [5.74, 6) is 1.58. The molecule has 1 aliphatic carbocycles. The lowest BCUT2D eigenvalue weighted by molar-refractivity contribution is -0.143. The van der Waals surface area contributed by atoms with E-state index in [-0.39, 0.29) is 17.9 Å². The first-order chi connectivity index (χ1) is 9.45. The highest BCUT2D eigenvalue weighted by atomic mass is 16.5. The van der Waals surface area contributed by atoms with Crippen LogP contribution in [-0.2, 0) is 22.4 Å². The fourth-order valence-corrected chi connectivity index (χ4v) is 2.95. The highest BCUT2D eigenvalue weighted by Gasteiger charge is 2.31. The third-order valence-corrected chi connectivity index (χ3v) is 3.85. The Labute approximate surface area is 120 Å². The van der Waals surface area contributed by atoms with E-state index in [2.05, 4.69) is 9.97 Å². The lowest BCUT2D eigenvalue weighted by Gasteiger charge is -2.31. The lowest BCUT2D eigenvalue weighted by atomic mass is 10.0. The Morgan fingerprint density at radius 2 is 2.00 bits per heavy atom. The van der Waals surface area contributed by atoms with Crippen LogP contribution in [0.2, 0.25) is 0 Å². The summed E-state index contributed by atoms with van der Waals surface area (Å²) in [7, 11) is 3.35. The number of ether oxygens (including phenoxy) is 1. The highest BCUT2D eigenvalue weighted by Crippen LogP contribution is 2.30. The molecule has 1 aliphatic rings. The summed E-state index contributed by atoms with van der Waals surface area (Å²) in [5.41, 5.74) is 2.32. The first-order valence-corrected chi connectivity index (χ1v) is 7.12.